The van der Waals surface area contributed by atoms with Crippen LogP contribution in [0.3, 0.4) is 0 Å². The number of benzene rings is 1. The minimum atomic E-state index is -4.33. The smallest absolute Gasteiger partial charge is 0.446 e. The summed E-state index contributed by atoms with van der Waals surface area (Å²) in [7, 11) is 0. The second-order valence-electron chi connectivity index (χ2n) is 8.20. The van der Waals surface area contributed by atoms with E-state index in [-0.39, 0.29) is 34.1 Å². The molecule has 1 unspecified atom stereocenters. The lowest BCUT2D eigenvalue weighted by Crippen LogP contribution is -2.21. The lowest BCUT2D eigenvalue weighted by Gasteiger charge is -2.26. The van der Waals surface area contributed by atoms with Gasteiger partial charge in [-0.3, -0.25) is 4.79 Å². The number of allylic oxidation sites excluding steroid dienone is 2. The van der Waals surface area contributed by atoms with E-state index in [2.05, 4.69) is 31.0 Å². The zero-order valence-corrected chi connectivity index (χ0v) is 20.6. The quantitative estimate of drug-likeness (QED) is 0.383. The molecule has 1 aromatic carbocycles. The summed E-state index contributed by atoms with van der Waals surface area (Å²) in [6.45, 7) is 6.17. The highest BCUT2D eigenvalue weighted by molar-refractivity contribution is 8.00. The Labute approximate surface area is 201 Å². The summed E-state index contributed by atoms with van der Waals surface area (Å²) in [5, 5.41) is 11.5. The number of aliphatic hydroxyl groups excluding tert-OH is 1. The van der Waals surface area contributed by atoms with E-state index < -0.39 is 5.51 Å². The fourth-order valence-electron chi connectivity index (χ4n) is 4.26. The first-order chi connectivity index (χ1) is 15.6. The second-order valence-corrected chi connectivity index (χ2v) is 10.5. The number of pyridine rings is 1. The van der Waals surface area contributed by atoms with Gasteiger partial charge >= 0.3 is 5.51 Å². The zero-order valence-electron chi connectivity index (χ0n) is 19.0. The number of alkyl halides is 3. The Kier molecular flexibility index (Phi) is 8.56. The number of aliphatic hydroxyl groups is 1. The first-order valence-electron chi connectivity index (χ1n) is 11.0. The van der Waals surface area contributed by atoms with Gasteiger partial charge in [0.2, 0.25) is 0 Å². The highest BCUT2D eigenvalue weighted by Crippen LogP contribution is 2.39. The number of carbonyl (C=O) groups excluding carboxylic acids is 1. The maximum Gasteiger partial charge on any atom is 0.446 e. The van der Waals surface area contributed by atoms with E-state index in [1.54, 1.807) is 6.07 Å². The van der Waals surface area contributed by atoms with Crippen LogP contribution in [-0.2, 0) is 17.6 Å². The molecule has 8 heteroatoms. The summed E-state index contributed by atoms with van der Waals surface area (Å²) in [4.78, 5) is 17.2. The molecule has 0 saturated carbocycles. The van der Waals surface area contributed by atoms with Crippen LogP contribution in [0.1, 0.15) is 55.4 Å². The molecular formula is C25H28F3NO2S2. The molecule has 3 nitrogen and oxygen atoms in total. The van der Waals surface area contributed by atoms with Crippen molar-refractivity contribution in [3.63, 3.8) is 0 Å². The highest BCUT2D eigenvalue weighted by Gasteiger charge is 2.31. The molecule has 0 aliphatic heterocycles. The topological polar surface area (TPSA) is 50.2 Å². The number of Topliss-reactive ketones (excluding diaryl/α,β-unsaturated/α-hetero) is 1. The number of aryl methyl sites for hydroxylation is 3. The van der Waals surface area contributed by atoms with Gasteiger partial charge in [0.05, 0.1) is 10.6 Å². The van der Waals surface area contributed by atoms with Crippen LogP contribution in [0.2, 0.25) is 0 Å². The van der Waals surface area contributed by atoms with Gasteiger partial charge in [-0.25, -0.2) is 4.98 Å². The van der Waals surface area contributed by atoms with E-state index in [1.807, 2.05) is 6.92 Å². The van der Waals surface area contributed by atoms with Crippen LogP contribution in [-0.4, -0.2) is 27.1 Å². The van der Waals surface area contributed by atoms with Crippen molar-refractivity contribution in [1.29, 1.82) is 0 Å². The van der Waals surface area contributed by atoms with Crippen molar-refractivity contribution >= 4 is 34.9 Å². The average molecular weight is 496 g/mol. The lowest BCUT2D eigenvalue weighted by atomic mass is 9.79. The van der Waals surface area contributed by atoms with E-state index in [4.69, 9.17) is 0 Å². The highest BCUT2D eigenvalue weighted by atomic mass is 32.2. The lowest BCUT2D eigenvalue weighted by molar-refractivity contribution is -0.115. The molecule has 0 fully saturated rings. The van der Waals surface area contributed by atoms with E-state index in [0.29, 0.717) is 35.6 Å². The molecule has 1 N–H and O–H groups in total. The Bertz CT molecular complexity index is 1010. The number of hydrogen-bond donors (Lipinski definition) is 1. The standard InChI is InChI=1S/C25H28F3NO2S2/c1-4-17-10-15(3)11-18(5-2)23(17)24-20(30)12-16(13-21(24)31)8-9-32-22-7-6-19(14-29-22)33-25(26,27)28/h6-7,10-11,14,16,30H,4-5,8-9,12-13H2,1-3H3. The molecule has 2 aromatic rings. The summed E-state index contributed by atoms with van der Waals surface area (Å²) in [5.41, 5.74) is 0.397. The fraction of sp³-hybridized carbons (Fsp3) is 0.440. The Morgan fingerprint density at radius 2 is 1.79 bits per heavy atom. The number of rotatable bonds is 8. The molecule has 1 atom stereocenters. The predicted molar refractivity (Wildman–Crippen MR) is 129 cm³/mol. The van der Waals surface area contributed by atoms with Gasteiger partial charge in [0, 0.05) is 23.9 Å². The number of aromatic nitrogens is 1. The third-order valence-electron chi connectivity index (χ3n) is 5.70. The van der Waals surface area contributed by atoms with Crippen molar-refractivity contribution in [2.45, 2.75) is 68.3 Å². The van der Waals surface area contributed by atoms with Crippen LogP contribution in [0.5, 0.6) is 0 Å². The minimum Gasteiger partial charge on any atom is -0.512 e. The van der Waals surface area contributed by atoms with E-state index in [1.165, 1.54) is 24.0 Å². The number of halogens is 3. The van der Waals surface area contributed by atoms with Gasteiger partial charge in [0.15, 0.2) is 5.78 Å². The van der Waals surface area contributed by atoms with Crippen molar-refractivity contribution < 1.29 is 23.1 Å². The third kappa shape index (κ3) is 6.79. The molecule has 0 bridgehead atoms. The van der Waals surface area contributed by atoms with Crippen molar-refractivity contribution in [3.8, 4) is 0 Å². The van der Waals surface area contributed by atoms with Crippen LogP contribution in [0.4, 0.5) is 13.2 Å². The summed E-state index contributed by atoms with van der Waals surface area (Å²) in [6.07, 6.45) is 4.36. The van der Waals surface area contributed by atoms with E-state index in [9.17, 15) is 23.1 Å². The molecule has 1 aliphatic rings. The van der Waals surface area contributed by atoms with Gasteiger partial charge in [0.1, 0.15) is 5.76 Å². The molecule has 0 saturated heterocycles. The van der Waals surface area contributed by atoms with Crippen molar-refractivity contribution in [3.05, 3.63) is 58.5 Å². The average Bonchev–Trinajstić information content (AvgIpc) is 2.74. The van der Waals surface area contributed by atoms with Crippen LogP contribution >= 0.6 is 23.5 Å². The summed E-state index contributed by atoms with van der Waals surface area (Å²) in [6, 6.07) is 7.18. The summed E-state index contributed by atoms with van der Waals surface area (Å²) >= 11 is 1.26. The number of nitrogens with zero attached hydrogens (tertiary/aromatic N) is 1. The first kappa shape index (κ1) is 25.7. The Morgan fingerprint density at radius 1 is 1.12 bits per heavy atom. The SMILES string of the molecule is CCc1cc(C)cc(CC)c1C1=C(O)CC(CCSc2ccc(SC(F)(F)F)cn2)CC1=O. The second kappa shape index (κ2) is 11.0. The van der Waals surface area contributed by atoms with Crippen molar-refractivity contribution in [2.75, 3.05) is 5.75 Å². The molecule has 0 radical (unpaired) electrons. The van der Waals surface area contributed by atoms with E-state index in [0.717, 1.165) is 35.1 Å². The molecular weight excluding hydrogens is 467 g/mol. The van der Waals surface area contributed by atoms with Gasteiger partial charge in [-0.15, -0.1) is 11.8 Å². The molecule has 3 rings (SSSR count). The largest absolute Gasteiger partial charge is 0.512 e. The van der Waals surface area contributed by atoms with Crippen molar-refractivity contribution in [2.24, 2.45) is 5.92 Å². The van der Waals surface area contributed by atoms with Crippen molar-refractivity contribution in [1.82, 2.24) is 4.98 Å². The number of thioether (sulfide) groups is 2. The third-order valence-corrected chi connectivity index (χ3v) is 7.39. The van der Waals surface area contributed by atoms with Gasteiger partial charge in [0.25, 0.3) is 0 Å². The van der Waals surface area contributed by atoms with Gasteiger partial charge in [-0.2, -0.15) is 13.2 Å². The Morgan fingerprint density at radius 3 is 2.30 bits per heavy atom. The van der Waals surface area contributed by atoms with Gasteiger partial charge in [-0.1, -0.05) is 31.5 Å². The molecule has 1 heterocycles. The number of hydrogen-bond acceptors (Lipinski definition) is 5. The normalized spacial score (nSPS) is 17.0. The van der Waals surface area contributed by atoms with E-state index >= 15 is 0 Å². The molecule has 1 aliphatic carbocycles. The number of ketones is 1. The number of carbonyl (C=O) groups is 1. The van der Waals surface area contributed by atoms with Crippen LogP contribution in [0.25, 0.3) is 5.57 Å². The maximum atomic E-state index is 13.1. The van der Waals surface area contributed by atoms with Gasteiger partial charge < -0.3 is 5.11 Å². The minimum absolute atomic E-state index is 0.0198. The molecule has 178 valence electrons. The summed E-state index contributed by atoms with van der Waals surface area (Å²) in [5.74, 6) is 0.855. The Balaban J connectivity index is 1.65. The molecule has 0 spiro atoms. The first-order valence-corrected chi connectivity index (χ1v) is 12.8. The van der Waals surface area contributed by atoms with Gasteiger partial charge in [-0.05, 0) is 78.4 Å². The predicted octanol–water partition coefficient (Wildman–Crippen LogP) is 7.56. The fourth-order valence-corrected chi connectivity index (χ4v) is 5.72. The monoisotopic (exact) mass is 495 g/mol. The molecule has 0 amide bonds. The summed E-state index contributed by atoms with van der Waals surface area (Å²) < 4.78 is 37.3. The molecule has 33 heavy (non-hydrogen) atoms. The van der Waals surface area contributed by atoms with Crippen LogP contribution in [0.15, 0.2) is 46.1 Å². The van der Waals surface area contributed by atoms with Crippen LogP contribution in [0, 0.1) is 12.8 Å². The Hall–Kier alpha value is -1.93. The molecule has 1 aromatic heterocycles. The maximum absolute atomic E-state index is 13.1. The zero-order chi connectivity index (χ0) is 24.2. The van der Waals surface area contributed by atoms with Crippen LogP contribution < -0.4 is 0 Å².